The van der Waals surface area contributed by atoms with Crippen molar-refractivity contribution in [3.05, 3.63) is 27.3 Å². The van der Waals surface area contributed by atoms with Gasteiger partial charge in [0.2, 0.25) is 0 Å². The molecule has 0 saturated heterocycles. The van der Waals surface area contributed by atoms with Crippen LogP contribution in [0.1, 0.15) is 26.6 Å². The summed E-state index contributed by atoms with van der Waals surface area (Å²) in [4.78, 5) is 16.4. The predicted octanol–water partition coefficient (Wildman–Crippen LogP) is 1.80. The van der Waals surface area contributed by atoms with Gasteiger partial charge in [0.15, 0.2) is 0 Å². The third-order valence-electron chi connectivity index (χ3n) is 2.70. The number of thiazole rings is 1. The lowest BCUT2D eigenvalue weighted by molar-refractivity contribution is 0.0697. The van der Waals surface area contributed by atoms with Crippen molar-refractivity contribution < 1.29 is 9.90 Å². The molecule has 6 nitrogen and oxygen atoms in total. The van der Waals surface area contributed by atoms with E-state index in [0.717, 1.165) is 10.6 Å². The molecule has 0 aliphatic rings. The van der Waals surface area contributed by atoms with E-state index in [1.54, 1.807) is 35.5 Å². The number of aromatic carboxylic acids is 1. The van der Waals surface area contributed by atoms with E-state index in [4.69, 9.17) is 5.11 Å². The number of rotatable bonds is 4. The molecule has 0 atom stereocenters. The van der Waals surface area contributed by atoms with Crippen LogP contribution in [0.2, 0.25) is 0 Å². The first-order valence-electron chi connectivity index (χ1n) is 5.40. The molecule has 0 amide bonds. The van der Waals surface area contributed by atoms with Crippen molar-refractivity contribution in [2.45, 2.75) is 20.4 Å². The lowest BCUT2D eigenvalue weighted by Gasteiger charge is -2.07. The summed E-state index contributed by atoms with van der Waals surface area (Å²) in [6.07, 6.45) is 0. The van der Waals surface area contributed by atoms with Crippen molar-refractivity contribution in [2.75, 3.05) is 5.32 Å². The maximum absolute atomic E-state index is 11.2. The SMILES string of the molecule is Cc1ncsc1CNc1c(C(=O)O)c(C)nn1C. The van der Waals surface area contributed by atoms with E-state index >= 15 is 0 Å². The number of hydrogen-bond acceptors (Lipinski definition) is 5. The zero-order valence-electron chi connectivity index (χ0n) is 10.4. The lowest BCUT2D eigenvalue weighted by atomic mass is 10.2. The van der Waals surface area contributed by atoms with E-state index in [1.165, 1.54) is 0 Å². The van der Waals surface area contributed by atoms with E-state index in [2.05, 4.69) is 15.4 Å². The largest absolute Gasteiger partial charge is 0.477 e. The van der Waals surface area contributed by atoms with Gasteiger partial charge in [-0.05, 0) is 13.8 Å². The van der Waals surface area contributed by atoms with Crippen molar-refractivity contribution in [2.24, 2.45) is 7.05 Å². The quantitative estimate of drug-likeness (QED) is 0.882. The van der Waals surface area contributed by atoms with Gasteiger partial charge in [0.1, 0.15) is 11.4 Å². The van der Waals surface area contributed by atoms with Crippen LogP contribution in [0.4, 0.5) is 5.82 Å². The van der Waals surface area contributed by atoms with Crippen molar-refractivity contribution in [3.8, 4) is 0 Å². The van der Waals surface area contributed by atoms with Crippen molar-refractivity contribution in [1.82, 2.24) is 14.8 Å². The molecule has 2 rings (SSSR count). The molecule has 0 bridgehead atoms. The van der Waals surface area contributed by atoms with E-state index < -0.39 is 5.97 Å². The van der Waals surface area contributed by atoms with Crippen molar-refractivity contribution in [3.63, 3.8) is 0 Å². The molecule has 2 heterocycles. The third kappa shape index (κ3) is 2.21. The van der Waals surface area contributed by atoms with Crippen LogP contribution in [0.25, 0.3) is 0 Å². The Hall–Kier alpha value is -1.89. The molecule has 2 aromatic rings. The summed E-state index contributed by atoms with van der Waals surface area (Å²) < 4.78 is 1.55. The Kier molecular flexibility index (Phi) is 3.33. The second-order valence-electron chi connectivity index (χ2n) is 3.95. The zero-order chi connectivity index (χ0) is 13.3. The molecular weight excluding hydrogens is 252 g/mol. The predicted molar refractivity (Wildman–Crippen MR) is 69.1 cm³/mol. The second kappa shape index (κ2) is 4.77. The van der Waals surface area contributed by atoms with E-state index in [9.17, 15) is 4.79 Å². The molecular formula is C11H14N4O2S. The first-order chi connectivity index (χ1) is 8.50. The molecule has 0 radical (unpaired) electrons. The van der Waals surface area contributed by atoms with Crippen LogP contribution in [-0.4, -0.2) is 25.8 Å². The summed E-state index contributed by atoms with van der Waals surface area (Å²) in [7, 11) is 1.72. The van der Waals surface area contributed by atoms with Gasteiger partial charge in [-0.25, -0.2) is 9.78 Å². The average Bonchev–Trinajstić information content (AvgIpc) is 2.79. The first-order valence-corrected chi connectivity index (χ1v) is 6.28. The fraction of sp³-hybridized carbons (Fsp3) is 0.364. The number of hydrogen-bond donors (Lipinski definition) is 2. The van der Waals surface area contributed by atoms with Crippen LogP contribution in [0.15, 0.2) is 5.51 Å². The fourth-order valence-electron chi connectivity index (χ4n) is 1.78. The molecule has 0 aliphatic heterocycles. The van der Waals surface area contributed by atoms with Crippen LogP contribution in [0.3, 0.4) is 0 Å². The Labute approximate surface area is 108 Å². The Morgan fingerprint density at radius 3 is 2.78 bits per heavy atom. The molecule has 7 heteroatoms. The minimum atomic E-state index is -0.968. The number of carboxylic acids is 1. The molecule has 2 N–H and O–H groups in total. The van der Waals surface area contributed by atoms with Crippen LogP contribution in [0.5, 0.6) is 0 Å². The van der Waals surface area contributed by atoms with E-state index in [-0.39, 0.29) is 5.56 Å². The molecule has 0 spiro atoms. The Morgan fingerprint density at radius 1 is 1.50 bits per heavy atom. The number of aryl methyl sites for hydroxylation is 3. The molecule has 0 aromatic carbocycles. The number of aromatic nitrogens is 3. The van der Waals surface area contributed by atoms with Gasteiger partial charge in [-0.15, -0.1) is 11.3 Å². The summed E-state index contributed by atoms with van der Waals surface area (Å²) in [5.74, 6) is -0.447. The highest BCUT2D eigenvalue weighted by Gasteiger charge is 2.19. The summed E-state index contributed by atoms with van der Waals surface area (Å²) in [6.45, 7) is 4.17. The minimum absolute atomic E-state index is 0.222. The molecule has 2 aromatic heterocycles. The highest BCUT2D eigenvalue weighted by Crippen LogP contribution is 2.21. The Balaban J connectivity index is 2.24. The van der Waals surface area contributed by atoms with E-state index in [0.29, 0.717) is 18.1 Å². The van der Waals surface area contributed by atoms with Crippen molar-refractivity contribution in [1.29, 1.82) is 0 Å². The molecule has 0 fully saturated rings. The molecule has 0 saturated carbocycles. The summed E-state index contributed by atoms with van der Waals surface area (Å²) in [5.41, 5.74) is 3.47. The lowest BCUT2D eigenvalue weighted by Crippen LogP contribution is -2.08. The monoisotopic (exact) mass is 266 g/mol. The minimum Gasteiger partial charge on any atom is -0.477 e. The van der Waals surface area contributed by atoms with Crippen molar-refractivity contribution >= 4 is 23.1 Å². The molecule has 0 aliphatic carbocycles. The normalized spacial score (nSPS) is 10.6. The van der Waals surface area contributed by atoms with Crippen LogP contribution in [-0.2, 0) is 13.6 Å². The van der Waals surface area contributed by atoms with Gasteiger partial charge in [-0.3, -0.25) is 4.68 Å². The van der Waals surface area contributed by atoms with Gasteiger partial charge >= 0.3 is 5.97 Å². The Bertz CT molecular complexity index is 588. The zero-order valence-corrected chi connectivity index (χ0v) is 11.2. The van der Waals surface area contributed by atoms with Gasteiger partial charge in [0.25, 0.3) is 0 Å². The smallest absolute Gasteiger partial charge is 0.341 e. The van der Waals surface area contributed by atoms with Gasteiger partial charge < -0.3 is 10.4 Å². The number of nitrogens with zero attached hydrogens (tertiary/aromatic N) is 3. The van der Waals surface area contributed by atoms with Gasteiger partial charge in [0.05, 0.1) is 23.4 Å². The van der Waals surface area contributed by atoms with Crippen LogP contribution >= 0.6 is 11.3 Å². The number of carbonyl (C=O) groups is 1. The number of anilines is 1. The maximum atomic E-state index is 11.2. The number of nitrogens with one attached hydrogen (secondary N) is 1. The van der Waals surface area contributed by atoms with Gasteiger partial charge in [0, 0.05) is 11.9 Å². The summed E-state index contributed by atoms with van der Waals surface area (Å²) >= 11 is 1.54. The van der Waals surface area contributed by atoms with E-state index in [1.807, 2.05) is 6.92 Å². The second-order valence-corrected chi connectivity index (χ2v) is 4.89. The molecule has 0 unspecified atom stereocenters. The molecule has 96 valence electrons. The average molecular weight is 266 g/mol. The van der Waals surface area contributed by atoms with Crippen LogP contribution in [0, 0.1) is 13.8 Å². The standard InChI is InChI=1S/C11H14N4O2S/c1-6-8(18-5-13-6)4-12-10-9(11(16)17)7(2)14-15(10)3/h5,12H,4H2,1-3H3,(H,16,17). The summed E-state index contributed by atoms with van der Waals surface area (Å²) in [5, 5.41) is 16.4. The third-order valence-corrected chi connectivity index (χ3v) is 3.63. The number of carboxylic acid groups (broad SMARTS) is 1. The first kappa shape index (κ1) is 12.6. The molecule has 18 heavy (non-hydrogen) atoms. The Morgan fingerprint density at radius 2 is 2.22 bits per heavy atom. The highest BCUT2D eigenvalue weighted by molar-refractivity contribution is 7.09. The van der Waals surface area contributed by atoms with Gasteiger partial charge in [-0.2, -0.15) is 5.10 Å². The summed E-state index contributed by atoms with van der Waals surface area (Å²) in [6, 6.07) is 0. The highest BCUT2D eigenvalue weighted by atomic mass is 32.1. The van der Waals surface area contributed by atoms with Crippen LogP contribution < -0.4 is 5.32 Å². The van der Waals surface area contributed by atoms with Gasteiger partial charge in [-0.1, -0.05) is 0 Å². The maximum Gasteiger partial charge on any atom is 0.341 e. The topological polar surface area (TPSA) is 80.0 Å². The fourth-order valence-corrected chi connectivity index (χ4v) is 2.49.